The van der Waals surface area contributed by atoms with Gasteiger partial charge in [0.2, 0.25) is 0 Å². The molecule has 2 aliphatic heterocycles. The van der Waals surface area contributed by atoms with Crippen LogP contribution < -0.4 is 0 Å². The molecule has 0 nitrogen and oxygen atoms in total. The van der Waals surface area contributed by atoms with E-state index in [9.17, 15) is 0 Å². The fourth-order valence-electron chi connectivity index (χ4n) is 5.12. The predicted octanol–water partition coefficient (Wildman–Crippen LogP) is 4.83. The summed E-state index contributed by atoms with van der Waals surface area (Å²) in [6.45, 7) is 2.53. The van der Waals surface area contributed by atoms with Crippen molar-refractivity contribution in [2.75, 3.05) is 0 Å². The summed E-state index contributed by atoms with van der Waals surface area (Å²) in [6.07, 6.45) is 15.1. The van der Waals surface area contributed by atoms with Crippen LogP contribution in [0.15, 0.2) is 0 Å². The van der Waals surface area contributed by atoms with E-state index in [1.165, 1.54) is 64.2 Å². The van der Waals surface area contributed by atoms with Gasteiger partial charge in [0.25, 0.3) is 0 Å². The molecule has 0 aromatic carbocycles. The predicted molar refractivity (Wildman–Crippen MR) is 71.0 cm³/mol. The summed E-state index contributed by atoms with van der Waals surface area (Å²) < 4.78 is 0. The Morgan fingerprint density at radius 2 is 1.56 bits per heavy atom. The molecule has 0 amide bonds. The minimum atomic E-state index is 0.695. The lowest BCUT2D eigenvalue weighted by Gasteiger charge is -2.53. The van der Waals surface area contributed by atoms with Crippen LogP contribution in [-0.4, -0.2) is 7.28 Å². The number of fused-ring (bicyclic) bond motifs is 2. The van der Waals surface area contributed by atoms with Crippen molar-refractivity contribution in [1.29, 1.82) is 0 Å². The third kappa shape index (κ3) is 1.85. The minimum Gasteiger partial charge on any atom is -0.0682 e. The first kappa shape index (κ1) is 11.2. The van der Waals surface area contributed by atoms with Crippen LogP contribution in [0.1, 0.15) is 71.1 Å². The summed E-state index contributed by atoms with van der Waals surface area (Å²) in [5, 5.41) is 0.695. The van der Waals surface area contributed by atoms with Gasteiger partial charge in [-0.2, -0.15) is 0 Å². The van der Waals surface area contributed by atoms with E-state index in [2.05, 4.69) is 14.2 Å². The highest BCUT2D eigenvalue weighted by atomic mass is 14.4. The maximum atomic E-state index is 2.84. The van der Waals surface area contributed by atoms with Gasteiger partial charge in [0.05, 0.1) is 0 Å². The molecule has 89 valence electrons. The first-order valence-electron chi connectivity index (χ1n) is 7.66. The number of hydrogen-bond acceptors (Lipinski definition) is 0. The Kier molecular flexibility index (Phi) is 3.06. The van der Waals surface area contributed by atoms with Crippen LogP contribution in [0.25, 0.3) is 0 Å². The van der Waals surface area contributed by atoms with Crippen LogP contribution in [0.5, 0.6) is 0 Å². The molecule has 0 spiro atoms. The highest BCUT2D eigenvalue weighted by molar-refractivity contribution is 6.42. The van der Waals surface area contributed by atoms with Gasteiger partial charge in [0.15, 0.2) is 0 Å². The zero-order valence-corrected chi connectivity index (χ0v) is 10.9. The fourth-order valence-corrected chi connectivity index (χ4v) is 5.12. The maximum Gasteiger partial charge on any atom is 0.122 e. The molecule has 1 saturated carbocycles. The molecule has 0 N–H and O–H groups in total. The van der Waals surface area contributed by atoms with Gasteiger partial charge >= 0.3 is 0 Å². The molecular formula is C15H26B. The third-order valence-corrected chi connectivity index (χ3v) is 5.85. The van der Waals surface area contributed by atoms with E-state index in [0.29, 0.717) is 5.31 Å². The van der Waals surface area contributed by atoms with Crippen LogP contribution >= 0.6 is 0 Å². The molecule has 2 heterocycles. The number of hydrogen-bond donors (Lipinski definition) is 0. The second-order valence-electron chi connectivity index (χ2n) is 6.81. The average molecular weight is 217 g/mol. The molecule has 0 aromatic heterocycles. The summed E-state index contributed by atoms with van der Waals surface area (Å²) in [5.74, 6) is 3.04. The summed E-state index contributed by atoms with van der Waals surface area (Å²) in [4.78, 5) is 0. The fraction of sp³-hybridized carbons (Fsp3) is 1.00. The molecule has 2 unspecified atom stereocenters. The minimum absolute atomic E-state index is 0.695. The third-order valence-electron chi connectivity index (χ3n) is 5.85. The molecule has 2 bridgehead atoms. The van der Waals surface area contributed by atoms with E-state index < -0.39 is 0 Å². The zero-order valence-electron chi connectivity index (χ0n) is 10.9. The zero-order chi connectivity index (χ0) is 11.0. The molecule has 1 aliphatic carbocycles. The highest BCUT2D eigenvalue weighted by Gasteiger charge is 2.46. The van der Waals surface area contributed by atoms with E-state index in [1.54, 1.807) is 0 Å². The lowest BCUT2D eigenvalue weighted by Crippen LogP contribution is -2.41. The van der Waals surface area contributed by atoms with Crippen molar-refractivity contribution in [3.8, 4) is 0 Å². The Bertz CT molecular complexity index is 238. The first-order valence-corrected chi connectivity index (χ1v) is 7.66. The summed E-state index contributed by atoms with van der Waals surface area (Å²) in [7, 11) is 2.84. The highest BCUT2D eigenvalue weighted by Crippen LogP contribution is 2.60. The van der Waals surface area contributed by atoms with E-state index >= 15 is 0 Å². The molecule has 2 atom stereocenters. The second kappa shape index (κ2) is 4.39. The summed E-state index contributed by atoms with van der Waals surface area (Å²) in [6, 6.07) is 0. The Balaban J connectivity index is 1.79. The van der Waals surface area contributed by atoms with E-state index in [-0.39, 0.29) is 0 Å². The topological polar surface area (TPSA) is 0 Å². The van der Waals surface area contributed by atoms with E-state index in [1.807, 2.05) is 0 Å². The van der Waals surface area contributed by atoms with E-state index in [4.69, 9.17) is 0 Å². The van der Waals surface area contributed by atoms with Gasteiger partial charge in [-0.25, -0.2) is 0 Å². The van der Waals surface area contributed by atoms with Crippen molar-refractivity contribution in [1.82, 2.24) is 0 Å². The molecule has 3 aliphatic rings. The van der Waals surface area contributed by atoms with Gasteiger partial charge in [-0.15, -0.1) is 0 Å². The van der Waals surface area contributed by atoms with Crippen molar-refractivity contribution in [2.24, 2.45) is 11.8 Å². The quantitative estimate of drug-likeness (QED) is 0.551. The molecule has 2 saturated heterocycles. The largest absolute Gasteiger partial charge is 0.122 e. The van der Waals surface area contributed by atoms with Gasteiger partial charge < -0.3 is 0 Å². The van der Waals surface area contributed by atoms with Crippen molar-refractivity contribution >= 4 is 7.28 Å². The van der Waals surface area contributed by atoms with Crippen molar-refractivity contribution in [3.05, 3.63) is 0 Å². The van der Waals surface area contributed by atoms with Crippen LogP contribution in [-0.2, 0) is 0 Å². The van der Waals surface area contributed by atoms with Crippen LogP contribution in [0, 0.1) is 11.8 Å². The SMILES string of the molecule is CC1CCCCC1C12[B]C(CCC1)CCC2. The monoisotopic (exact) mass is 217 g/mol. The number of rotatable bonds is 1. The lowest BCUT2D eigenvalue weighted by atomic mass is 9.31. The van der Waals surface area contributed by atoms with Crippen LogP contribution in [0.3, 0.4) is 0 Å². The van der Waals surface area contributed by atoms with Crippen molar-refractivity contribution in [3.63, 3.8) is 0 Å². The van der Waals surface area contributed by atoms with Gasteiger partial charge in [-0.05, 0) is 11.8 Å². The van der Waals surface area contributed by atoms with Crippen LogP contribution in [0.2, 0.25) is 11.1 Å². The maximum absolute atomic E-state index is 2.84. The molecular weight excluding hydrogens is 191 g/mol. The van der Waals surface area contributed by atoms with Gasteiger partial charge in [0, 0.05) is 0 Å². The standard InChI is InChI=1S/C15H26B/c1-12-6-2-3-9-14(12)15-10-4-7-13(16-15)8-5-11-15/h12-14H,2-11H2,1H3. The second-order valence-corrected chi connectivity index (χ2v) is 6.81. The van der Waals surface area contributed by atoms with Gasteiger partial charge in [-0.1, -0.05) is 82.3 Å². The van der Waals surface area contributed by atoms with Crippen molar-refractivity contribution < 1.29 is 0 Å². The lowest BCUT2D eigenvalue weighted by molar-refractivity contribution is 0.147. The molecule has 16 heavy (non-hydrogen) atoms. The van der Waals surface area contributed by atoms with Gasteiger partial charge in [-0.3, -0.25) is 0 Å². The smallest absolute Gasteiger partial charge is 0.0682 e. The summed E-state index contributed by atoms with van der Waals surface area (Å²) in [5.41, 5.74) is 0. The first-order chi connectivity index (χ1) is 7.80. The Labute approximate surface area is 102 Å². The summed E-state index contributed by atoms with van der Waals surface area (Å²) >= 11 is 0. The molecule has 1 radical (unpaired) electrons. The molecule has 3 fully saturated rings. The van der Waals surface area contributed by atoms with Crippen molar-refractivity contribution in [2.45, 2.75) is 82.3 Å². The Morgan fingerprint density at radius 1 is 0.875 bits per heavy atom. The molecule has 1 heteroatoms. The van der Waals surface area contributed by atoms with Crippen LogP contribution in [0.4, 0.5) is 0 Å². The molecule has 0 aromatic rings. The molecule has 3 rings (SSSR count). The van der Waals surface area contributed by atoms with Gasteiger partial charge in [0.1, 0.15) is 7.28 Å². The average Bonchev–Trinajstić information content (AvgIpc) is 2.29. The normalized spacial score (nSPS) is 48.4. The Hall–Kier alpha value is 0.0649. The Morgan fingerprint density at radius 3 is 2.25 bits per heavy atom. The van der Waals surface area contributed by atoms with E-state index in [0.717, 1.165) is 17.7 Å².